The van der Waals surface area contributed by atoms with E-state index in [2.05, 4.69) is 30.3 Å². The molecular formula is C15H18N4. The molecule has 1 aromatic carbocycles. The summed E-state index contributed by atoms with van der Waals surface area (Å²) in [5.74, 6) is 1.57. The predicted octanol–water partition coefficient (Wildman–Crippen LogP) is 3.02. The summed E-state index contributed by atoms with van der Waals surface area (Å²) in [6.45, 7) is 5.93. The highest BCUT2D eigenvalue weighted by atomic mass is 15.3. The van der Waals surface area contributed by atoms with Crippen molar-refractivity contribution in [2.24, 2.45) is 5.92 Å². The van der Waals surface area contributed by atoms with Gasteiger partial charge in [0.15, 0.2) is 0 Å². The maximum Gasteiger partial charge on any atom is 0.124 e. The fourth-order valence-electron chi connectivity index (χ4n) is 1.92. The monoisotopic (exact) mass is 254 g/mol. The summed E-state index contributed by atoms with van der Waals surface area (Å²) >= 11 is 0. The molecule has 0 amide bonds. The molecular weight excluding hydrogens is 236 g/mol. The van der Waals surface area contributed by atoms with Crippen LogP contribution in [0.4, 0.5) is 5.82 Å². The molecule has 0 saturated heterocycles. The molecule has 0 bridgehead atoms. The lowest BCUT2D eigenvalue weighted by Crippen LogP contribution is -2.11. The molecule has 0 aliphatic rings. The molecule has 4 nitrogen and oxygen atoms in total. The Morgan fingerprint density at radius 2 is 2.21 bits per heavy atom. The minimum absolute atomic E-state index is 0.558. The Balaban J connectivity index is 2.02. The number of nitrogens with zero attached hydrogens (tertiary/aromatic N) is 3. The van der Waals surface area contributed by atoms with Crippen LogP contribution in [0.5, 0.6) is 0 Å². The topological polar surface area (TPSA) is 53.6 Å². The molecule has 0 radical (unpaired) electrons. The van der Waals surface area contributed by atoms with E-state index in [1.807, 2.05) is 35.0 Å². The average molecular weight is 254 g/mol. The smallest absolute Gasteiger partial charge is 0.124 e. The van der Waals surface area contributed by atoms with Crippen molar-refractivity contribution in [2.45, 2.75) is 26.9 Å². The summed E-state index contributed by atoms with van der Waals surface area (Å²) < 4.78 is 1.97. The van der Waals surface area contributed by atoms with E-state index in [4.69, 9.17) is 5.26 Å². The Kier molecular flexibility index (Phi) is 4.19. The third-order valence-electron chi connectivity index (χ3n) is 2.78. The zero-order valence-electron chi connectivity index (χ0n) is 11.3. The lowest BCUT2D eigenvalue weighted by Gasteiger charge is -2.11. The normalized spacial score (nSPS) is 10.4. The minimum atomic E-state index is 0.558. The third-order valence-corrected chi connectivity index (χ3v) is 2.78. The SMILES string of the molecule is CC(C)Cn1nccc1NCc1cccc(C#N)c1. The Bertz CT molecular complexity index is 578. The molecule has 1 aromatic heterocycles. The first kappa shape index (κ1) is 13.2. The van der Waals surface area contributed by atoms with Crippen molar-refractivity contribution in [3.8, 4) is 6.07 Å². The summed E-state index contributed by atoms with van der Waals surface area (Å²) in [6.07, 6.45) is 1.80. The van der Waals surface area contributed by atoms with Crippen LogP contribution in [-0.2, 0) is 13.1 Å². The first-order chi connectivity index (χ1) is 9.19. The van der Waals surface area contributed by atoms with Crippen molar-refractivity contribution in [2.75, 3.05) is 5.32 Å². The number of aromatic nitrogens is 2. The Hall–Kier alpha value is -2.28. The van der Waals surface area contributed by atoms with Gasteiger partial charge in [0.25, 0.3) is 0 Å². The van der Waals surface area contributed by atoms with E-state index in [0.717, 1.165) is 17.9 Å². The van der Waals surface area contributed by atoms with Gasteiger partial charge in [0.05, 0.1) is 17.8 Å². The highest BCUT2D eigenvalue weighted by Crippen LogP contribution is 2.12. The number of nitriles is 1. The van der Waals surface area contributed by atoms with Crippen molar-refractivity contribution < 1.29 is 0 Å². The van der Waals surface area contributed by atoms with Gasteiger partial charge in [-0.3, -0.25) is 0 Å². The first-order valence-corrected chi connectivity index (χ1v) is 6.44. The van der Waals surface area contributed by atoms with Crippen molar-refractivity contribution in [1.82, 2.24) is 9.78 Å². The van der Waals surface area contributed by atoms with Gasteiger partial charge in [-0.25, -0.2) is 4.68 Å². The molecule has 0 saturated carbocycles. The number of benzene rings is 1. The van der Waals surface area contributed by atoms with Gasteiger partial charge in [0.1, 0.15) is 5.82 Å². The van der Waals surface area contributed by atoms with Crippen LogP contribution in [0.2, 0.25) is 0 Å². The third kappa shape index (κ3) is 3.59. The second-order valence-corrected chi connectivity index (χ2v) is 4.96. The Morgan fingerprint density at radius 3 is 2.95 bits per heavy atom. The molecule has 0 aliphatic heterocycles. The van der Waals surface area contributed by atoms with E-state index >= 15 is 0 Å². The minimum Gasteiger partial charge on any atom is -0.366 e. The van der Waals surface area contributed by atoms with E-state index in [1.165, 1.54) is 0 Å². The molecule has 1 heterocycles. The fraction of sp³-hybridized carbons (Fsp3) is 0.333. The predicted molar refractivity (Wildman–Crippen MR) is 75.5 cm³/mol. The number of anilines is 1. The van der Waals surface area contributed by atoms with Crippen molar-refractivity contribution in [1.29, 1.82) is 5.26 Å². The first-order valence-electron chi connectivity index (χ1n) is 6.44. The number of rotatable bonds is 5. The van der Waals surface area contributed by atoms with E-state index < -0.39 is 0 Å². The van der Waals surface area contributed by atoms with E-state index in [9.17, 15) is 0 Å². The molecule has 0 spiro atoms. The summed E-state index contributed by atoms with van der Waals surface area (Å²) in [6, 6.07) is 11.7. The molecule has 0 fully saturated rings. The van der Waals surface area contributed by atoms with Gasteiger partial charge in [-0.2, -0.15) is 10.4 Å². The van der Waals surface area contributed by atoms with Crippen LogP contribution in [-0.4, -0.2) is 9.78 Å². The van der Waals surface area contributed by atoms with Crippen molar-refractivity contribution in [3.63, 3.8) is 0 Å². The average Bonchev–Trinajstić information content (AvgIpc) is 2.83. The molecule has 0 atom stereocenters. The maximum absolute atomic E-state index is 8.87. The lowest BCUT2D eigenvalue weighted by molar-refractivity contribution is 0.487. The zero-order chi connectivity index (χ0) is 13.7. The quantitative estimate of drug-likeness (QED) is 0.892. The number of nitrogens with one attached hydrogen (secondary N) is 1. The number of hydrogen-bond acceptors (Lipinski definition) is 3. The van der Waals surface area contributed by atoms with Gasteiger partial charge in [0.2, 0.25) is 0 Å². The molecule has 0 aliphatic carbocycles. The zero-order valence-corrected chi connectivity index (χ0v) is 11.3. The van der Waals surface area contributed by atoms with Gasteiger partial charge < -0.3 is 5.32 Å². The van der Waals surface area contributed by atoms with Gasteiger partial charge in [0, 0.05) is 19.2 Å². The van der Waals surface area contributed by atoms with E-state index in [0.29, 0.717) is 18.0 Å². The largest absolute Gasteiger partial charge is 0.366 e. The molecule has 19 heavy (non-hydrogen) atoms. The molecule has 1 N–H and O–H groups in total. The van der Waals surface area contributed by atoms with E-state index in [1.54, 1.807) is 6.20 Å². The van der Waals surface area contributed by atoms with Crippen LogP contribution in [0.15, 0.2) is 36.5 Å². The second-order valence-electron chi connectivity index (χ2n) is 4.96. The van der Waals surface area contributed by atoms with E-state index in [-0.39, 0.29) is 0 Å². The number of hydrogen-bond donors (Lipinski definition) is 1. The molecule has 2 rings (SSSR count). The van der Waals surface area contributed by atoms with Crippen LogP contribution in [0.1, 0.15) is 25.0 Å². The van der Waals surface area contributed by atoms with Gasteiger partial charge in [-0.05, 0) is 23.6 Å². The Labute approximate surface area is 113 Å². The van der Waals surface area contributed by atoms with Crippen LogP contribution in [0.3, 0.4) is 0 Å². The molecule has 4 heteroatoms. The highest BCUT2D eigenvalue weighted by molar-refractivity contribution is 5.38. The van der Waals surface area contributed by atoms with Crippen LogP contribution in [0, 0.1) is 17.2 Å². The van der Waals surface area contributed by atoms with Gasteiger partial charge >= 0.3 is 0 Å². The summed E-state index contributed by atoms with van der Waals surface area (Å²) in [5.41, 5.74) is 1.78. The standard InChI is InChI=1S/C15H18N4/c1-12(2)11-19-15(6-7-18-19)17-10-14-5-3-4-13(8-14)9-16/h3-8,12,17H,10-11H2,1-2H3. The van der Waals surface area contributed by atoms with Crippen LogP contribution >= 0.6 is 0 Å². The lowest BCUT2D eigenvalue weighted by atomic mass is 10.1. The van der Waals surface area contributed by atoms with Crippen LogP contribution < -0.4 is 5.32 Å². The van der Waals surface area contributed by atoms with Crippen LogP contribution in [0.25, 0.3) is 0 Å². The maximum atomic E-state index is 8.87. The highest BCUT2D eigenvalue weighted by Gasteiger charge is 2.04. The second kappa shape index (κ2) is 6.05. The van der Waals surface area contributed by atoms with Gasteiger partial charge in [-0.1, -0.05) is 26.0 Å². The molecule has 0 unspecified atom stereocenters. The fourth-order valence-corrected chi connectivity index (χ4v) is 1.92. The Morgan fingerprint density at radius 1 is 1.37 bits per heavy atom. The summed E-state index contributed by atoms with van der Waals surface area (Å²) in [7, 11) is 0. The van der Waals surface area contributed by atoms with Gasteiger partial charge in [-0.15, -0.1) is 0 Å². The molecule has 2 aromatic rings. The van der Waals surface area contributed by atoms with Crippen molar-refractivity contribution >= 4 is 5.82 Å². The summed E-state index contributed by atoms with van der Waals surface area (Å²) in [4.78, 5) is 0. The van der Waals surface area contributed by atoms with Crippen molar-refractivity contribution in [3.05, 3.63) is 47.7 Å². The summed E-state index contributed by atoms with van der Waals surface area (Å²) in [5, 5.41) is 16.5. The molecule has 98 valence electrons.